The minimum absolute atomic E-state index is 0.141. The molecule has 0 atom stereocenters. The van der Waals surface area contributed by atoms with E-state index in [1.807, 2.05) is 30.3 Å². The molecule has 24 heavy (non-hydrogen) atoms. The van der Waals surface area contributed by atoms with Crippen molar-refractivity contribution < 1.29 is 18.3 Å². The molecule has 0 aliphatic carbocycles. The van der Waals surface area contributed by atoms with Crippen LogP contribution < -0.4 is 10.1 Å². The van der Waals surface area contributed by atoms with Gasteiger partial charge in [0, 0.05) is 5.69 Å². The van der Waals surface area contributed by atoms with E-state index in [2.05, 4.69) is 5.32 Å². The monoisotopic (exact) mass is 325 g/mol. The van der Waals surface area contributed by atoms with Gasteiger partial charge in [0.25, 0.3) is 5.91 Å². The van der Waals surface area contributed by atoms with E-state index < -0.39 is 5.91 Å². The Morgan fingerprint density at radius 3 is 2.67 bits per heavy atom. The van der Waals surface area contributed by atoms with Gasteiger partial charge in [-0.3, -0.25) is 4.79 Å². The number of hydrogen-bond donors (Lipinski definition) is 1. The first kappa shape index (κ1) is 15.8. The molecule has 3 rings (SSSR count). The second kappa shape index (κ2) is 7.00. The Bertz CT molecular complexity index is 843. The highest BCUT2D eigenvalue weighted by molar-refractivity contribution is 6.02. The van der Waals surface area contributed by atoms with Gasteiger partial charge in [0.15, 0.2) is 5.76 Å². The van der Waals surface area contributed by atoms with E-state index >= 15 is 0 Å². The second-order valence-corrected chi connectivity index (χ2v) is 5.29. The third kappa shape index (κ3) is 3.81. The Hall–Kier alpha value is -3.08. The van der Waals surface area contributed by atoms with Crippen LogP contribution in [-0.2, 0) is 6.61 Å². The Kier molecular flexibility index (Phi) is 4.61. The number of rotatable bonds is 5. The molecule has 0 saturated carbocycles. The van der Waals surface area contributed by atoms with Crippen molar-refractivity contribution in [1.82, 2.24) is 0 Å². The van der Waals surface area contributed by atoms with E-state index in [-0.39, 0.29) is 18.2 Å². The summed E-state index contributed by atoms with van der Waals surface area (Å²) in [5.74, 6) is 0.574. The van der Waals surface area contributed by atoms with E-state index in [0.29, 0.717) is 17.0 Å². The van der Waals surface area contributed by atoms with Gasteiger partial charge >= 0.3 is 0 Å². The standard InChI is InChI=1S/C19H16FNO3/c1-13-7-8-14(11-17(13)20)21-19(22)18-10-9-16(24-18)12-23-15-5-3-2-4-6-15/h2-11H,12H2,1H3,(H,21,22). The number of anilines is 1. The molecule has 2 aromatic carbocycles. The maximum atomic E-state index is 13.5. The molecule has 4 nitrogen and oxygen atoms in total. The summed E-state index contributed by atoms with van der Waals surface area (Å²) < 4.78 is 24.5. The van der Waals surface area contributed by atoms with Crippen LogP contribution >= 0.6 is 0 Å². The molecule has 122 valence electrons. The van der Waals surface area contributed by atoms with Crippen molar-refractivity contribution in [3.05, 3.63) is 83.6 Å². The number of amides is 1. The lowest BCUT2D eigenvalue weighted by molar-refractivity contribution is 0.0992. The molecule has 5 heteroatoms. The molecule has 1 heterocycles. The Morgan fingerprint density at radius 2 is 1.92 bits per heavy atom. The summed E-state index contributed by atoms with van der Waals surface area (Å²) in [6.07, 6.45) is 0. The van der Waals surface area contributed by atoms with Crippen molar-refractivity contribution in [2.75, 3.05) is 5.32 Å². The van der Waals surface area contributed by atoms with Gasteiger partial charge in [-0.2, -0.15) is 0 Å². The summed E-state index contributed by atoms with van der Waals surface area (Å²) in [5, 5.41) is 2.60. The van der Waals surface area contributed by atoms with Crippen LogP contribution in [-0.4, -0.2) is 5.91 Å². The molecule has 1 aromatic heterocycles. The Balaban J connectivity index is 1.62. The Morgan fingerprint density at radius 1 is 1.12 bits per heavy atom. The molecule has 0 saturated heterocycles. The summed E-state index contributed by atoms with van der Waals surface area (Å²) in [7, 11) is 0. The zero-order valence-electron chi connectivity index (χ0n) is 13.1. The number of halogens is 1. The molecule has 0 aliphatic heterocycles. The third-order valence-electron chi connectivity index (χ3n) is 3.44. The molecule has 1 N–H and O–H groups in total. The minimum Gasteiger partial charge on any atom is -0.486 e. The largest absolute Gasteiger partial charge is 0.486 e. The predicted molar refractivity (Wildman–Crippen MR) is 88.6 cm³/mol. The second-order valence-electron chi connectivity index (χ2n) is 5.29. The lowest BCUT2D eigenvalue weighted by Gasteiger charge is -2.05. The number of ether oxygens (including phenoxy) is 1. The molecular formula is C19H16FNO3. The highest BCUT2D eigenvalue weighted by Gasteiger charge is 2.12. The molecule has 0 spiro atoms. The van der Waals surface area contributed by atoms with Crippen LogP contribution in [0.5, 0.6) is 5.75 Å². The summed E-state index contributed by atoms with van der Waals surface area (Å²) in [6, 6.07) is 17.1. The van der Waals surface area contributed by atoms with Gasteiger partial charge in [0.2, 0.25) is 0 Å². The average molecular weight is 325 g/mol. The molecule has 0 fully saturated rings. The normalized spacial score (nSPS) is 10.4. The average Bonchev–Trinajstić information content (AvgIpc) is 3.06. The zero-order valence-corrected chi connectivity index (χ0v) is 13.1. The van der Waals surface area contributed by atoms with Gasteiger partial charge in [-0.1, -0.05) is 24.3 Å². The number of furan rings is 1. The van der Waals surface area contributed by atoms with Gasteiger partial charge in [0.1, 0.15) is 23.9 Å². The fraction of sp³-hybridized carbons (Fsp3) is 0.105. The van der Waals surface area contributed by atoms with Crippen LogP contribution in [0, 0.1) is 12.7 Å². The third-order valence-corrected chi connectivity index (χ3v) is 3.44. The maximum Gasteiger partial charge on any atom is 0.291 e. The van der Waals surface area contributed by atoms with Crippen LogP contribution in [0.2, 0.25) is 0 Å². The first-order valence-electron chi connectivity index (χ1n) is 7.46. The summed E-state index contributed by atoms with van der Waals surface area (Å²) in [4.78, 5) is 12.1. The van der Waals surface area contributed by atoms with E-state index in [1.165, 1.54) is 6.07 Å². The quantitative estimate of drug-likeness (QED) is 0.748. The molecule has 0 radical (unpaired) electrons. The number of carbonyl (C=O) groups excluding carboxylic acids is 1. The van der Waals surface area contributed by atoms with Gasteiger partial charge in [-0.05, 0) is 48.9 Å². The predicted octanol–water partition coefficient (Wildman–Crippen LogP) is 4.56. The van der Waals surface area contributed by atoms with E-state index in [1.54, 1.807) is 31.2 Å². The van der Waals surface area contributed by atoms with Crippen molar-refractivity contribution in [3.8, 4) is 5.75 Å². The number of benzene rings is 2. The number of aryl methyl sites for hydroxylation is 1. The molecular weight excluding hydrogens is 309 g/mol. The molecule has 3 aromatic rings. The van der Waals surface area contributed by atoms with Crippen LogP contribution in [0.4, 0.5) is 10.1 Å². The highest BCUT2D eigenvalue weighted by Crippen LogP contribution is 2.17. The van der Waals surface area contributed by atoms with Crippen molar-refractivity contribution in [3.63, 3.8) is 0 Å². The maximum absolute atomic E-state index is 13.5. The number of para-hydroxylation sites is 1. The number of hydrogen-bond acceptors (Lipinski definition) is 3. The van der Waals surface area contributed by atoms with Gasteiger partial charge in [0.05, 0.1) is 0 Å². The van der Waals surface area contributed by atoms with Crippen molar-refractivity contribution in [2.45, 2.75) is 13.5 Å². The molecule has 1 amide bonds. The van der Waals surface area contributed by atoms with E-state index in [4.69, 9.17) is 9.15 Å². The van der Waals surface area contributed by atoms with Crippen LogP contribution in [0.25, 0.3) is 0 Å². The summed E-state index contributed by atoms with van der Waals surface area (Å²) in [5.41, 5.74) is 0.896. The van der Waals surface area contributed by atoms with E-state index in [0.717, 1.165) is 5.75 Å². The van der Waals surface area contributed by atoms with Crippen molar-refractivity contribution in [2.24, 2.45) is 0 Å². The highest BCUT2D eigenvalue weighted by atomic mass is 19.1. The topological polar surface area (TPSA) is 51.5 Å². The van der Waals surface area contributed by atoms with Crippen LogP contribution in [0.1, 0.15) is 21.9 Å². The smallest absolute Gasteiger partial charge is 0.291 e. The number of nitrogens with one attached hydrogen (secondary N) is 1. The lowest BCUT2D eigenvalue weighted by atomic mass is 10.2. The number of carbonyl (C=O) groups is 1. The summed E-state index contributed by atoms with van der Waals surface area (Å²) in [6.45, 7) is 1.88. The first-order valence-corrected chi connectivity index (χ1v) is 7.46. The fourth-order valence-corrected chi connectivity index (χ4v) is 2.11. The first-order chi connectivity index (χ1) is 11.6. The Labute approximate surface area is 138 Å². The SMILES string of the molecule is Cc1ccc(NC(=O)c2ccc(COc3ccccc3)o2)cc1F. The van der Waals surface area contributed by atoms with Crippen LogP contribution in [0.3, 0.4) is 0 Å². The van der Waals surface area contributed by atoms with Crippen molar-refractivity contribution >= 4 is 11.6 Å². The summed E-state index contributed by atoms with van der Waals surface area (Å²) >= 11 is 0. The molecule has 0 aliphatic rings. The molecule has 0 bridgehead atoms. The molecule has 0 unspecified atom stereocenters. The fourth-order valence-electron chi connectivity index (χ4n) is 2.11. The van der Waals surface area contributed by atoms with E-state index in [9.17, 15) is 9.18 Å². The van der Waals surface area contributed by atoms with Gasteiger partial charge in [-0.25, -0.2) is 4.39 Å². The minimum atomic E-state index is -0.441. The zero-order chi connectivity index (χ0) is 16.9. The van der Waals surface area contributed by atoms with Gasteiger partial charge < -0.3 is 14.5 Å². The lowest BCUT2D eigenvalue weighted by Crippen LogP contribution is -2.11. The van der Waals surface area contributed by atoms with Crippen molar-refractivity contribution in [1.29, 1.82) is 0 Å². The van der Waals surface area contributed by atoms with Gasteiger partial charge in [-0.15, -0.1) is 0 Å². The van der Waals surface area contributed by atoms with Crippen LogP contribution in [0.15, 0.2) is 65.1 Å².